The normalized spacial score (nSPS) is 14.1. The van der Waals surface area contributed by atoms with Gasteiger partial charge in [-0.3, -0.25) is 4.79 Å². The summed E-state index contributed by atoms with van der Waals surface area (Å²) in [6, 6.07) is 7.75. The highest BCUT2D eigenvalue weighted by atomic mass is 35.5. The molecule has 1 aliphatic rings. The third-order valence-electron chi connectivity index (χ3n) is 5.87. The Bertz CT molecular complexity index is 1160. The number of rotatable bonds is 8. The van der Waals surface area contributed by atoms with Gasteiger partial charge in [-0.05, 0) is 37.5 Å². The molecule has 0 unspecified atom stereocenters. The van der Waals surface area contributed by atoms with Crippen molar-refractivity contribution >= 4 is 17.5 Å². The predicted molar refractivity (Wildman–Crippen MR) is 121 cm³/mol. The van der Waals surface area contributed by atoms with Gasteiger partial charge in [0.25, 0.3) is 5.89 Å². The van der Waals surface area contributed by atoms with Crippen LogP contribution in [0.1, 0.15) is 36.9 Å². The van der Waals surface area contributed by atoms with Gasteiger partial charge < -0.3 is 13.9 Å². The van der Waals surface area contributed by atoms with Crippen LogP contribution in [0.3, 0.4) is 0 Å². The number of aromatic nitrogens is 4. The molecule has 4 rings (SSSR count). The second-order valence-corrected chi connectivity index (χ2v) is 8.47. The number of hydrogen-bond donors (Lipinski definition) is 0. The first-order valence-corrected chi connectivity index (χ1v) is 11.1. The van der Waals surface area contributed by atoms with Crippen LogP contribution in [0.2, 0.25) is 5.02 Å². The fourth-order valence-corrected chi connectivity index (χ4v) is 4.26. The SMILES string of the molecule is C=CCN(C(=O)Cn1nc(-c2ncn(Cc3ccc(Cl)cc3)c2C)oc1=O)C1CCCC1. The lowest BCUT2D eigenvalue weighted by Crippen LogP contribution is -2.42. The smallest absolute Gasteiger partial charge is 0.386 e. The van der Waals surface area contributed by atoms with Crippen molar-refractivity contribution in [3.8, 4) is 11.6 Å². The van der Waals surface area contributed by atoms with Crippen LogP contribution in [-0.2, 0) is 17.9 Å². The van der Waals surface area contributed by atoms with Crippen LogP contribution in [0.5, 0.6) is 0 Å². The van der Waals surface area contributed by atoms with E-state index in [1.54, 1.807) is 17.3 Å². The zero-order chi connectivity index (χ0) is 22.7. The van der Waals surface area contributed by atoms with Crippen LogP contribution in [0, 0.1) is 6.92 Å². The maximum Gasteiger partial charge on any atom is 0.437 e. The summed E-state index contributed by atoms with van der Waals surface area (Å²) in [5, 5.41) is 4.93. The molecular formula is C23H26ClN5O3. The van der Waals surface area contributed by atoms with Crippen LogP contribution < -0.4 is 5.76 Å². The average Bonchev–Trinajstić information content (AvgIpc) is 3.50. The van der Waals surface area contributed by atoms with E-state index >= 15 is 0 Å². The van der Waals surface area contributed by atoms with E-state index in [2.05, 4.69) is 16.7 Å². The molecule has 32 heavy (non-hydrogen) atoms. The Hall–Kier alpha value is -3.13. The zero-order valence-corrected chi connectivity index (χ0v) is 18.8. The first-order valence-electron chi connectivity index (χ1n) is 10.7. The predicted octanol–water partition coefficient (Wildman–Crippen LogP) is 3.67. The van der Waals surface area contributed by atoms with Crippen molar-refractivity contribution in [2.24, 2.45) is 0 Å². The number of benzene rings is 1. The second-order valence-electron chi connectivity index (χ2n) is 8.04. The average molecular weight is 456 g/mol. The third kappa shape index (κ3) is 4.70. The van der Waals surface area contributed by atoms with E-state index in [1.807, 2.05) is 35.8 Å². The van der Waals surface area contributed by atoms with Crippen LogP contribution in [0.25, 0.3) is 11.6 Å². The van der Waals surface area contributed by atoms with E-state index < -0.39 is 5.76 Å². The maximum atomic E-state index is 12.9. The summed E-state index contributed by atoms with van der Waals surface area (Å²) in [6.45, 7) is 6.52. The lowest BCUT2D eigenvalue weighted by atomic mass is 10.2. The highest BCUT2D eigenvalue weighted by molar-refractivity contribution is 6.30. The van der Waals surface area contributed by atoms with E-state index in [9.17, 15) is 9.59 Å². The molecule has 0 spiro atoms. The molecule has 1 saturated carbocycles. The second kappa shape index (κ2) is 9.56. The Labute approximate surface area is 191 Å². The molecule has 0 aliphatic heterocycles. The van der Waals surface area contributed by atoms with Crippen molar-refractivity contribution < 1.29 is 9.21 Å². The maximum absolute atomic E-state index is 12.9. The summed E-state index contributed by atoms with van der Waals surface area (Å²) in [5.74, 6) is -0.736. The molecule has 1 fully saturated rings. The van der Waals surface area contributed by atoms with Gasteiger partial charge >= 0.3 is 5.76 Å². The Morgan fingerprint density at radius 3 is 2.72 bits per heavy atom. The molecule has 9 heteroatoms. The Kier molecular flexibility index (Phi) is 6.60. The highest BCUT2D eigenvalue weighted by Crippen LogP contribution is 2.24. The van der Waals surface area contributed by atoms with Crippen LogP contribution in [0.4, 0.5) is 0 Å². The minimum Gasteiger partial charge on any atom is -0.386 e. The molecule has 0 radical (unpaired) electrons. The molecule has 1 aliphatic carbocycles. The van der Waals surface area contributed by atoms with Crippen molar-refractivity contribution in [1.82, 2.24) is 24.2 Å². The van der Waals surface area contributed by atoms with Gasteiger partial charge in [0.1, 0.15) is 12.2 Å². The first-order chi connectivity index (χ1) is 15.5. The molecule has 8 nitrogen and oxygen atoms in total. The van der Waals surface area contributed by atoms with Crippen molar-refractivity contribution in [3.05, 3.63) is 70.1 Å². The van der Waals surface area contributed by atoms with Crippen molar-refractivity contribution in [2.45, 2.75) is 51.7 Å². The molecule has 2 heterocycles. The molecule has 3 aromatic rings. The molecule has 0 N–H and O–H groups in total. The fourth-order valence-electron chi connectivity index (χ4n) is 4.13. The van der Waals surface area contributed by atoms with Gasteiger partial charge in [0.2, 0.25) is 5.91 Å². The molecule has 1 amide bonds. The molecule has 0 bridgehead atoms. The summed E-state index contributed by atoms with van der Waals surface area (Å²) >= 11 is 5.95. The zero-order valence-electron chi connectivity index (χ0n) is 18.0. The van der Waals surface area contributed by atoms with Gasteiger partial charge in [0.05, 0.1) is 6.33 Å². The summed E-state index contributed by atoms with van der Waals surface area (Å²) in [7, 11) is 0. The lowest BCUT2D eigenvalue weighted by molar-refractivity contribution is -0.133. The van der Waals surface area contributed by atoms with E-state index in [-0.39, 0.29) is 24.4 Å². The molecule has 0 atom stereocenters. The summed E-state index contributed by atoms with van der Waals surface area (Å²) < 4.78 is 8.35. The van der Waals surface area contributed by atoms with Gasteiger partial charge in [0, 0.05) is 29.8 Å². The number of carbonyl (C=O) groups is 1. The molecular weight excluding hydrogens is 430 g/mol. The Morgan fingerprint density at radius 2 is 2.03 bits per heavy atom. The monoisotopic (exact) mass is 455 g/mol. The van der Waals surface area contributed by atoms with Gasteiger partial charge in [-0.1, -0.05) is 42.7 Å². The lowest BCUT2D eigenvalue weighted by Gasteiger charge is -2.27. The largest absolute Gasteiger partial charge is 0.437 e. The Morgan fingerprint density at radius 1 is 1.31 bits per heavy atom. The minimum atomic E-state index is -0.676. The number of amides is 1. The van der Waals surface area contributed by atoms with E-state index in [1.165, 1.54) is 0 Å². The third-order valence-corrected chi connectivity index (χ3v) is 6.12. The standard InChI is InChI=1S/C23H26ClN5O3/c1-3-12-28(19-6-4-5-7-19)20(30)14-29-23(31)32-22(26-29)21-16(2)27(15-25-21)13-17-8-10-18(24)11-9-17/h3,8-11,15,19H,1,4-7,12-14H2,2H3. The number of halogens is 1. The van der Waals surface area contributed by atoms with Gasteiger partial charge in [-0.2, -0.15) is 4.68 Å². The quantitative estimate of drug-likeness (QED) is 0.484. The topological polar surface area (TPSA) is 86.2 Å². The summed E-state index contributed by atoms with van der Waals surface area (Å²) in [6.07, 6.45) is 7.56. The molecule has 2 aromatic heterocycles. The summed E-state index contributed by atoms with van der Waals surface area (Å²) in [5.41, 5.74) is 2.34. The van der Waals surface area contributed by atoms with E-state index in [0.717, 1.165) is 41.6 Å². The molecule has 0 saturated heterocycles. The van der Waals surface area contributed by atoms with Gasteiger partial charge in [-0.25, -0.2) is 9.78 Å². The fraction of sp³-hybridized carbons (Fsp3) is 0.391. The van der Waals surface area contributed by atoms with E-state index in [0.29, 0.717) is 23.8 Å². The highest BCUT2D eigenvalue weighted by Gasteiger charge is 2.27. The van der Waals surface area contributed by atoms with Crippen molar-refractivity contribution in [3.63, 3.8) is 0 Å². The van der Waals surface area contributed by atoms with Gasteiger partial charge in [0.15, 0.2) is 0 Å². The summed E-state index contributed by atoms with van der Waals surface area (Å²) in [4.78, 5) is 31.4. The van der Waals surface area contributed by atoms with Crippen molar-refractivity contribution in [1.29, 1.82) is 0 Å². The van der Waals surface area contributed by atoms with Crippen molar-refractivity contribution in [2.75, 3.05) is 6.54 Å². The van der Waals surface area contributed by atoms with Gasteiger partial charge in [-0.15, -0.1) is 11.7 Å². The minimum absolute atomic E-state index is 0.103. The first kappa shape index (κ1) is 22.1. The number of imidazole rings is 1. The van der Waals surface area contributed by atoms with Crippen LogP contribution in [-0.4, -0.2) is 42.7 Å². The van der Waals surface area contributed by atoms with E-state index in [4.69, 9.17) is 16.0 Å². The molecule has 1 aromatic carbocycles. The van der Waals surface area contributed by atoms with Crippen LogP contribution in [0.15, 0.2) is 52.5 Å². The Balaban J connectivity index is 1.51. The van der Waals surface area contributed by atoms with Crippen LogP contribution >= 0.6 is 11.6 Å². The number of nitrogens with zero attached hydrogens (tertiary/aromatic N) is 5. The molecule has 168 valence electrons. The number of hydrogen-bond acceptors (Lipinski definition) is 5. The number of carbonyl (C=O) groups excluding carboxylic acids is 1.